The number of hydrogen-bond donors (Lipinski definition) is 0. The molecule has 1 aromatic heterocycles. The average Bonchev–Trinajstić information content (AvgIpc) is 3.06. The fraction of sp³-hybridized carbons (Fsp3) is 0.143. The second-order valence-corrected chi connectivity index (χ2v) is 6.72. The summed E-state index contributed by atoms with van der Waals surface area (Å²) in [5.41, 5.74) is 3.90. The first kappa shape index (κ1) is 18.0. The van der Waals surface area contributed by atoms with Crippen LogP contribution in [0.5, 0.6) is 0 Å². The summed E-state index contributed by atoms with van der Waals surface area (Å²) in [6.07, 6.45) is 3.74. The number of carbonyl (C=O) groups is 1. The lowest BCUT2D eigenvalue weighted by molar-refractivity contribution is 0.0527. The Morgan fingerprint density at radius 2 is 2.00 bits per heavy atom. The molecule has 3 rings (SSSR count). The molecule has 4 nitrogen and oxygen atoms in total. The van der Waals surface area contributed by atoms with E-state index in [4.69, 9.17) is 10.00 Å². The van der Waals surface area contributed by atoms with Crippen molar-refractivity contribution in [2.75, 3.05) is 6.61 Å². The third-order valence-electron chi connectivity index (χ3n) is 3.93. The Bertz CT molecular complexity index is 986. The van der Waals surface area contributed by atoms with Gasteiger partial charge in [-0.15, -0.1) is 0 Å². The molecule has 2 aromatic carbocycles. The maximum Gasteiger partial charge on any atom is 0.340 e. The predicted octanol–water partition coefficient (Wildman–Crippen LogP) is 5.01. The summed E-state index contributed by atoms with van der Waals surface area (Å²) in [7, 11) is 0. The van der Waals surface area contributed by atoms with Crippen LogP contribution in [0.4, 0.5) is 0 Å². The Balaban J connectivity index is 2.00. The molecule has 0 N–H and O–H groups in total. The van der Waals surface area contributed by atoms with E-state index in [1.54, 1.807) is 19.2 Å². The molecule has 1 heterocycles. The molecular weight excluding hydrogens is 392 g/mol. The zero-order valence-electron chi connectivity index (χ0n) is 14.3. The third kappa shape index (κ3) is 4.04. The van der Waals surface area contributed by atoms with Gasteiger partial charge in [0.05, 0.1) is 23.8 Å². The number of halogens is 1. The van der Waals surface area contributed by atoms with Crippen LogP contribution in [0.2, 0.25) is 0 Å². The number of hydrogen-bond acceptors (Lipinski definition) is 3. The molecule has 3 aromatic rings. The first-order chi connectivity index (χ1) is 12.6. The van der Waals surface area contributed by atoms with Gasteiger partial charge in [0.2, 0.25) is 0 Å². The van der Waals surface area contributed by atoms with Crippen molar-refractivity contribution in [3.63, 3.8) is 0 Å². The number of nitriles is 1. The third-order valence-corrected chi connectivity index (χ3v) is 4.43. The summed E-state index contributed by atoms with van der Waals surface area (Å²) in [5, 5.41) is 9.06. The predicted molar refractivity (Wildman–Crippen MR) is 104 cm³/mol. The SMILES string of the molecule is CCOC(=O)c1cn(Cc2cccc(C#N)c2)cc1-c1cccc(Br)c1. The number of esters is 1. The quantitative estimate of drug-likeness (QED) is 0.557. The van der Waals surface area contributed by atoms with Crippen LogP contribution in [0.1, 0.15) is 28.4 Å². The molecule has 0 unspecified atom stereocenters. The first-order valence-corrected chi connectivity index (χ1v) is 9.02. The van der Waals surface area contributed by atoms with Gasteiger partial charge in [0.1, 0.15) is 0 Å². The highest BCUT2D eigenvalue weighted by atomic mass is 79.9. The van der Waals surface area contributed by atoms with Gasteiger partial charge in [-0.3, -0.25) is 0 Å². The van der Waals surface area contributed by atoms with Gasteiger partial charge in [-0.05, 0) is 42.3 Å². The van der Waals surface area contributed by atoms with Crippen molar-refractivity contribution < 1.29 is 9.53 Å². The van der Waals surface area contributed by atoms with Gasteiger partial charge in [0, 0.05) is 29.0 Å². The van der Waals surface area contributed by atoms with Crippen LogP contribution in [-0.4, -0.2) is 17.1 Å². The van der Waals surface area contributed by atoms with Crippen molar-refractivity contribution in [2.24, 2.45) is 0 Å². The van der Waals surface area contributed by atoms with Gasteiger partial charge in [0.15, 0.2) is 0 Å². The van der Waals surface area contributed by atoms with E-state index in [0.29, 0.717) is 24.3 Å². The molecule has 5 heteroatoms. The van der Waals surface area contributed by atoms with Gasteiger partial charge in [-0.2, -0.15) is 5.26 Å². The standard InChI is InChI=1S/C21H17BrN2O2/c1-2-26-21(25)20-14-24(12-16-6-3-5-15(9-16)11-23)13-19(20)17-7-4-8-18(22)10-17/h3-10,13-14H,2,12H2,1H3. The van der Waals surface area contributed by atoms with Crippen molar-refractivity contribution in [1.82, 2.24) is 4.57 Å². The number of aromatic nitrogens is 1. The molecule has 0 aliphatic rings. The lowest BCUT2D eigenvalue weighted by Crippen LogP contribution is -2.05. The van der Waals surface area contributed by atoms with E-state index in [1.165, 1.54) is 0 Å². The van der Waals surface area contributed by atoms with Gasteiger partial charge in [-0.1, -0.05) is 40.2 Å². The second kappa shape index (κ2) is 8.03. The summed E-state index contributed by atoms with van der Waals surface area (Å²) < 4.78 is 8.10. The summed E-state index contributed by atoms with van der Waals surface area (Å²) in [5.74, 6) is -0.341. The van der Waals surface area contributed by atoms with Crippen molar-refractivity contribution in [3.05, 3.63) is 82.1 Å². The van der Waals surface area contributed by atoms with Crippen LogP contribution in [0.25, 0.3) is 11.1 Å². The first-order valence-electron chi connectivity index (χ1n) is 8.22. The highest BCUT2D eigenvalue weighted by Crippen LogP contribution is 2.28. The van der Waals surface area contributed by atoms with E-state index < -0.39 is 0 Å². The van der Waals surface area contributed by atoms with Crippen LogP contribution < -0.4 is 0 Å². The molecule has 26 heavy (non-hydrogen) atoms. The molecule has 0 bridgehead atoms. The molecule has 0 amide bonds. The van der Waals surface area contributed by atoms with Gasteiger partial charge >= 0.3 is 5.97 Å². The summed E-state index contributed by atoms with van der Waals surface area (Å²) in [4.78, 5) is 12.4. The smallest absolute Gasteiger partial charge is 0.340 e. The Morgan fingerprint density at radius 1 is 1.19 bits per heavy atom. The molecule has 0 fully saturated rings. The topological polar surface area (TPSA) is 55.0 Å². The minimum Gasteiger partial charge on any atom is -0.462 e. The molecule has 0 aliphatic heterocycles. The lowest BCUT2D eigenvalue weighted by atomic mass is 10.1. The zero-order chi connectivity index (χ0) is 18.5. The van der Waals surface area contributed by atoms with Crippen LogP contribution in [0, 0.1) is 11.3 Å². The van der Waals surface area contributed by atoms with Gasteiger partial charge < -0.3 is 9.30 Å². The summed E-state index contributed by atoms with van der Waals surface area (Å²) in [6.45, 7) is 2.68. The van der Waals surface area contributed by atoms with Crippen LogP contribution >= 0.6 is 15.9 Å². The molecule has 0 spiro atoms. The maximum absolute atomic E-state index is 12.4. The fourth-order valence-electron chi connectivity index (χ4n) is 2.81. The van der Waals surface area contributed by atoms with Crippen molar-refractivity contribution in [2.45, 2.75) is 13.5 Å². The molecule has 0 saturated heterocycles. The van der Waals surface area contributed by atoms with E-state index in [9.17, 15) is 4.79 Å². The Hall–Kier alpha value is -2.84. The summed E-state index contributed by atoms with van der Waals surface area (Å²) >= 11 is 3.47. The molecule has 130 valence electrons. The molecule has 0 atom stereocenters. The largest absolute Gasteiger partial charge is 0.462 e. The Morgan fingerprint density at radius 3 is 2.73 bits per heavy atom. The van der Waals surface area contributed by atoms with Crippen molar-refractivity contribution in [1.29, 1.82) is 5.26 Å². The minimum atomic E-state index is -0.341. The second-order valence-electron chi connectivity index (χ2n) is 5.80. The van der Waals surface area contributed by atoms with Crippen LogP contribution in [0.15, 0.2) is 65.4 Å². The molecule has 0 aliphatic carbocycles. The van der Waals surface area contributed by atoms with Gasteiger partial charge in [0.25, 0.3) is 0 Å². The normalized spacial score (nSPS) is 10.3. The highest BCUT2D eigenvalue weighted by molar-refractivity contribution is 9.10. The average molecular weight is 409 g/mol. The number of benzene rings is 2. The Kier molecular flexibility index (Phi) is 5.55. The lowest BCUT2D eigenvalue weighted by Gasteiger charge is -2.04. The summed E-state index contributed by atoms with van der Waals surface area (Å²) in [6, 6.07) is 17.4. The number of rotatable bonds is 5. The highest BCUT2D eigenvalue weighted by Gasteiger charge is 2.17. The number of carbonyl (C=O) groups excluding carboxylic acids is 1. The fourth-order valence-corrected chi connectivity index (χ4v) is 3.21. The minimum absolute atomic E-state index is 0.326. The molecule has 0 radical (unpaired) electrons. The van der Waals surface area contributed by atoms with Crippen molar-refractivity contribution in [3.8, 4) is 17.2 Å². The van der Waals surface area contributed by atoms with E-state index in [1.807, 2.05) is 53.2 Å². The van der Waals surface area contributed by atoms with E-state index in [2.05, 4.69) is 22.0 Å². The van der Waals surface area contributed by atoms with E-state index in [-0.39, 0.29) is 5.97 Å². The molecular formula is C21H17BrN2O2. The Labute approximate surface area is 160 Å². The van der Waals surface area contributed by atoms with E-state index in [0.717, 1.165) is 21.2 Å². The van der Waals surface area contributed by atoms with Crippen molar-refractivity contribution >= 4 is 21.9 Å². The van der Waals surface area contributed by atoms with Gasteiger partial charge in [-0.25, -0.2) is 4.79 Å². The number of nitrogens with zero attached hydrogens (tertiary/aromatic N) is 2. The van der Waals surface area contributed by atoms with Crippen LogP contribution in [0.3, 0.4) is 0 Å². The number of ether oxygens (including phenoxy) is 1. The maximum atomic E-state index is 12.4. The zero-order valence-corrected chi connectivity index (χ0v) is 15.9. The van der Waals surface area contributed by atoms with Crippen LogP contribution in [-0.2, 0) is 11.3 Å². The van der Waals surface area contributed by atoms with E-state index >= 15 is 0 Å². The monoisotopic (exact) mass is 408 g/mol. The molecule has 0 saturated carbocycles.